The van der Waals surface area contributed by atoms with Crippen LogP contribution >= 0.6 is 12.2 Å². The van der Waals surface area contributed by atoms with E-state index in [1.54, 1.807) is 36.4 Å². The topological polar surface area (TPSA) is 45.6 Å². The molecule has 0 atom stereocenters. The van der Waals surface area contributed by atoms with E-state index in [0.29, 0.717) is 23.5 Å². The third-order valence-electron chi connectivity index (χ3n) is 6.63. The van der Waals surface area contributed by atoms with E-state index in [0.717, 1.165) is 16.5 Å². The SMILES string of the molecule is O=C1C(=Cc2ccc3c(ccn3Cc3cccc(F)c3)c2)C(=O)N(c2ccccc2)C(=S)N1c1ccccc1. The summed E-state index contributed by atoms with van der Waals surface area (Å²) in [6.07, 6.45) is 3.55. The molecule has 5 aromatic rings. The fraction of sp³-hybridized carbons (Fsp3) is 0.0312. The number of anilines is 2. The standard InChI is InChI=1S/C32H22FN3O2S/c33-25-9-7-8-23(19-25)21-34-17-16-24-18-22(14-15-29(24)34)20-28-30(37)35(26-10-3-1-4-11-26)32(39)36(31(28)38)27-12-5-2-6-13-27/h1-20H,21H2. The van der Waals surface area contributed by atoms with E-state index >= 15 is 0 Å². The number of halogens is 1. The van der Waals surface area contributed by atoms with Crippen LogP contribution in [0.25, 0.3) is 17.0 Å². The van der Waals surface area contributed by atoms with Crippen LogP contribution in [-0.4, -0.2) is 21.5 Å². The van der Waals surface area contributed by atoms with Crippen molar-refractivity contribution in [2.45, 2.75) is 6.54 Å². The third-order valence-corrected chi connectivity index (χ3v) is 6.99. The molecule has 0 N–H and O–H groups in total. The molecule has 2 amide bonds. The minimum Gasteiger partial charge on any atom is -0.343 e. The van der Waals surface area contributed by atoms with Gasteiger partial charge in [0.2, 0.25) is 0 Å². The van der Waals surface area contributed by atoms with Crippen molar-refractivity contribution < 1.29 is 14.0 Å². The molecule has 0 radical (unpaired) electrons. The van der Waals surface area contributed by atoms with E-state index in [-0.39, 0.29) is 16.5 Å². The molecule has 0 unspecified atom stereocenters. The van der Waals surface area contributed by atoms with Gasteiger partial charge in [0.15, 0.2) is 5.11 Å². The molecule has 7 heteroatoms. The first-order valence-electron chi connectivity index (χ1n) is 12.4. The summed E-state index contributed by atoms with van der Waals surface area (Å²) >= 11 is 5.67. The second kappa shape index (κ2) is 10.1. The summed E-state index contributed by atoms with van der Waals surface area (Å²) in [5.74, 6) is -1.23. The maximum Gasteiger partial charge on any atom is 0.270 e. The van der Waals surface area contributed by atoms with Gasteiger partial charge < -0.3 is 4.57 Å². The molecule has 6 rings (SSSR count). The Kier molecular flexibility index (Phi) is 6.34. The quantitative estimate of drug-likeness (QED) is 0.146. The second-order valence-electron chi connectivity index (χ2n) is 9.18. The molecule has 190 valence electrons. The van der Waals surface area contributed by atoms with Crippen molar-refractivity contribution in [1.29, 1.82) is 0 Å². The number of hydrogen-bond acceptors (Lipinski definition) is 3. The third kappa shape index (κ3) is 4.64. The summed E-state index contributed by atoms with van der Waals surface area (Å²) in [6.45, 7) is 0.522. The van der Waals surface area contributed by atoms with Crippen molar-refractivity contribution in [2.24, 2.45) is 0 Å². The molecule has 0 aliphatic carbocycles. The molecule has 0 saturated carbocycles. The van der Waals surface area contributed by atoms with Gasteiger partial charge in [0.25, 0.3) is 11.8 Å². The molecular formula is C32H22FN3O2S. The summed E-state index contributed by atoms with van der Waals surface area (Å²) in [4.78, 5) is 30.2. The van der Waals surface area contributed by atoms with Gasteiger partial charge in [-0.1, -0.05) is 54.6 Å². The zero-order chi connectivity index (χ0) is 26.9. The Labute approximate surface area is 230 Å². The highest BCUT2D eigenvalue weighted by Crippen LogP contribution is 2.30. The molecule has 5 nitrogen and oxygen atoms in total. The largest absolute Gasteiger partial charge is 0.343 e. The molecule has 2 heterocycles. The van der Waals surface area contributed by atoms with Crippen LogP contribution in [0.15, 0.2) is 121 Å². The van der Waals surface area contributed by atoms with E-state index in [1.165, 1.54) is 21.9 Å². The monoisotopic (exact) mass is 531 g/mol. The summed E-state index contributed by atoms with van der Waals surface area (Å²) in [5, 5.41) is 1.04. The van der Waals surface area contributed by atoms with Gasteiger partial charge >= 0.3 is 0 Å². The number of nitrogens with zero attached hydrogens (tertiary/aromatic N) is 3. The Morgan fingerprint density at radius 3 is 1.97 bits per heavy atom. The lowest BCUT2D eigenvalue weighted by Crippen LogP contribution is -2.56. The van der Waals surface area contributed by atoms with Crippen molar-refractivity contribution in [3.8, 4) is 0 Å². The van der Waals surface area contributed by atoms with Crippen molar-refractivity contribution in [3.63, 3.8) is 0 Å². The molecule has 1 aromatic heterocycles. The number of aromatic nitrogens is 1. The van der Waals surface area contributed by atoms with Crippen molar-refractivity contribution >= 4 is 57.5 Å². The maximum absolute atomic E-state index is 13.7. The molecule has 1 saturated heterocycles. The fourth-order valence-electron chi connectivity index (χ4n) is 4.78. The number of hydrogen-bond donors (Lipinski definition) is 0. The molecule has 1 fully saturated rings. The lowest BCUT2D eigenvalue weighted by atomic mass is 10.0. The van der Waals surface area contributed by atoms with Crippen LogP contribution in [0.1, 0.15) is 11.1 Å². The van der Waals surface area contributed by atoms with Gasteiger partial charge in [-0.3, -0.25) is 19.4 Å². The van der Waals surface area contributed by atoms with Crippen molar-refractivity contribution in [2.75, 3.05) is 9.80 Å². The number of benzene rings is 4. The first-order valence-corrected chi connectivity index (χ1v) is 12.8. The Bertz CT molecular complexity index is 1700. The first-order chi connectivity index (χ1) is 19.0. The lowest BCUT2D eigenvalue weighted by Gasteiger charge is -2.36. The smallest absolute Gasteiger partial charge is 0.270 e. The summed E-state index contributed by atoms with van der Waals surface area (Å²) in [6, 6.07) is 32.4. The predicted octanol–water partition coefficient (Wildman–Crippen LogP) is 6.58. The predicted molar refractivity (Wildman–Crippen MR) is 156 cm³/mol. The number of amides is 2. The molecule has 0 bridgehead atoms. The van der Waals surface area contributed by atoms with Crippen LogP contribution < -0.4 is 9.80 Å². The van der Waals surface area contributed by atoms with Crippen LogP contribution in [0.4, 0.5) is 15.8 Å². The lowest BCUT2D eigenvalue weighted by molar-refractivity contribution is -0.120. The van der Waals surface area contributed by atoms with Crippen LogP contribution in [0.3, 0.4) is 0 Å². The Morgan fingerprint density at radius 2 is 1.36 bits per heavy atom. The fourth-order valence-corrected chi connectivity index (χ4v) is 5.16. The Balaban J connectivity index is 1.39. The molecule has 39 heavy (non-hydrogen) atoms. The van der Waals surface area contributed by atoms with Gasteiger partial charge in [-0.25, -0.2) is 4.39 Å². The van der Waals surface area contributed by atoms with Crippen LogP contribution in [0.5, 0.6) is 0 Å². The average molecular weight is 532 g/mol. The maximum atomic E-state index is 13.7. The Morgan fingerprint density at radius 1 is 0.718 bits per heavy atom. The van der Waals surface area contributed by atoms with E-state index in [9.17, 15) is 14.0 Å². The van der Waals surface area contributed by atoms with Crippen molar-refractivity contribution in [1.82, 2.24) is 4.57 Å². The van der Waals surface area contributed by atoms with Crippen LogP contribution in [-0.2, 0) is 16.1 Å². The van der Waals surface area contributed by atoms with Crippen LogP contribution in [0, 0.1) is 5.82 Å². The highest BCUT2D eigenvalue weighted by atomic mass is 32.1. The van der Waals surface area contributed by atoms with Crippen LogP contribution in [0.2, 0.25) is 0 Å². The zero-order valence-corrected chi connectivity index (χ0v) is 21.5. The number of carbonyl (C=O) groups excluding carboxylic acids is 2. The van der Waals surface area contributed by atoms with Gasteiger partial charge in [0, 0.05) is 23.6 Å². The highest BCUT2D eigenvalue weighted by molar-refractivity contribution is 7.81. The minimum atomic E-state index is -0.479. The van der Waals surface area contributed by atoms with E-state index in [2.05, 4.69) is 0 Å². The molecular weight excluding hydrogens is 509 g/mol. The van der Waals surface area contributed by atoms with Gasteiger partial charge in [0.05, 0.1) is 11.4 Å². The molecule has 0 spiro atoms. The number of rotatable bonds is 5. The number of carbonyl (C=O) groups is 2. The number of fused-ring (bicyclic) bond motifs is 1. The van der Waals surface area contributed by atoms with Gasteiger partial charge in [-0.05, 0) is 84.0 Å². The molecule has 1 aliphatic heterocycles. The average Bonchev–Trinajstić information content (AvgIpc) is 3.34. The normalized spacial score (nSPS) is 13.9. The second-order valence-corrected chi connectivity index (χ2v) is 9.55. The van der Waals surface area contributed by atoms with Gasteiger partial charge in [-0.15, -0.1) is 0 Å². The van der Waals surface area contributed by atoms with Gasteiger partial charge in [0.1, 0.15) is 11.4 Å². The zero-order valence-electron chi connectivity index (χ0n) is 20.7. The summed E-state index contributed by atoms with van der Waals surface area (Å²) in [7, 11) is 0. The Hall–Kier alpha value is -4.88. The van der Waals surface area contributed by atoms with E-state index < -0.39 is 11.8 Å². The minimum absolute atomic E-state index is 0.00912. The highest BCUT2D eigenvalue weighted by Gasteiger charge is 2.41. The summed E-state index contributed by atoms with van der Waals surface area (Å²) in [5.41, 5.74) is 3.69. The first kappa shape index (κ1) is 24.5. The molecule has 4 aromatic carbocycles. The number of thiocarbonyl (C=S) groups is 1. The van der Waals surface area contributed by atoms with E-state index in [4.69, 9.17) is 12.2 Å². The molecule has 1 aliphatic rings. The number of para-hydroxylation sites is 2. The van der Waals surface area contributed by atoms with Gasteiger partial charge in [-0.2, -0.15) is 0 Å². The van der Waals surface area contributed by atoms with E-state index in [1.807, 2.05) is 77.5 Å². The van der Waals surface area contributed by atoms with Crippen molar-refractivity contribution in [3.05, 3.63) is 138 Å². The summed E-state index contributed by atoms with van der Waals surface area (Å²) < 4.78 is 15.7.